The molecule has 1 aliphatic rings. The van der Waals surface area contributed by atoms with Crippen LogP contribution in [0.5, 0.6) is 5.75 Å². The second-order valence-electron chi connectivity index (χ2n) is 5.16. The van der Waals surface area contributed by atoms with Crippen molar-refractivity contribution in [2.75, 3.05) is 30.5 Å². The van der Waals surface area contributed by atoms with Gasteiger partial charge in [-0.15, -0.1) is 0 Å². The van der Waals surface area contributed by atoms with Gasteiger partial charge in [-0.3, -0.25) is 5.32 Å². The number of rotatable bonds is 3. The van der Waals surface area contributed by atoms with Gasteiger partial charge in [-0.1, -0.05) is 0 Å². The van der Waals surface area contributed by atoms with Crippen molar-refractivity contribution in [1.82, 2.24) is 9.97 Å². The molecule has 0 fully saturated rings. The Hall–Kier alpha value is -3.41. The van der Waals surface area contributed by atoms with Crippen LogP contribution in [0.2, 0.25) is 0 Å². The number of hydrogen-bond acceptors (Lipinski definition) is 6. The van der Waals surface area contributed by atoms with Crippen molar-refractivity contribution >= 4 is 17.5 Å². The maximum atomic E-state index is 14.4. The van der Waals surface area contributed by atoms with Gasteiger partial charge in [0.25, 0.3) is 0 Å². The van der Waals surface area contributed by atoms with Gasteiger partial charge < -0.3 is 25.1 Å². The maximum Gasteiger partial charge on any atom is 0.411 e. The quantitative estimate of drug-likeness (QED) is 0.576. The van der Waals surface area contributed by atoms with Crippen molar-refractivity contribution < 1.29 is 18.7 Å². The monoisotopic (exact) mass is 345 g/mol. The Morgan fingerprint density at radius 2 is 2.44 bits per heavy atom. The molecule has 1 unspecified atom stereocenters. The molecule has 1 aliphatic heterocycles. The van der Waals surface area contributed by atoms with Gasteiger partial charge in [0.1, 0.15) is 12.6 Å². The highest BCUT2D eigenvalue weighted by Crippen LogP contribution is 2.40. The van der Waals surface area contributed by atoms with E-state index in [-0.39, 0.29) is 18.0 Å². The molecule has 0 saturated carbocycles. The van der Waals surface area contributed by atoms with Crippen LogP contribution in [0, 0.1) is 17.8 Å². The number of anilines is 2. The van der Waals surface area contributed by atoms with E-state index < -0.39 is 18.0 Å². The van der Waals surface area contributed by atoms with Crippen LogP contribution in [0.25, 0.3) is 0 Å². The third kappa shape index (κ3) is 3.28. The van der Waals surface area contributed by atoms with Gasteiger partial charge in [-0.25, -0.2) is 14.2 Å². The summed E-state index contributed by atoms with van der Waals surface area (Å²) < 4.78 is 24.4. The molecule has 4 N–H and O–H groups in total. The van der Waals surface area contributed by atoms with Gasteiger partial charge in [-0.2, -0.15) is 0 Å². The topological polar surface area (TPSA) is 106 Å². The molecule has 1 amide bonds. The molecule has 1 atom stereocenters. The molecule has 2 aromatic rings. The van der Waals surface area contributed by atoms with Crippen LogP contribution in [-0.2, 0) is 4.74 Å². The average molecular weight is 345 g/mol. The molecule has 1 aromatic carbocycles. The number of aromatic amines is 1. The molecule has 3 rings (SSSR count). The SMILES string of the molecule is COC(=O)Nc1cc(F)c2c(c1)N(C(C#CN)c1cnc[nH]1)CCO2. The third-order valence-corrected chi connectivity index (χ3v) is 3.69. The first kappa shape index (κ1) is 16.4. The molecule has 0 spiro atoms. The Balaban J connectivity index is 2.04. The predicted octanol–water partition coefficient (Wildman–Crippen LogP) is 1.59. The van der Waals surface area contributed by atoms with Gasteiger partial charge in [0, 0.05) is 17.8 Å². The Kier molecular flexibility index (Phi) is 4.61. The summed E-state index contributed by atoms with van der Waals surface area (Å²) in [4.78, 5) is 20.2. The summed E-state index contributed by atoms with van der Waals surface area (Å²) in [5.41, 5.74) is 6.79. The minimum absolute atomic E-state index is 0.0880. The normalized spacial score (nSPS) is 13.8. The molecule has 0 aliphatic carbocycles. The van der Waals surface area contributed by atoms with E-state index in [4.69, 9.17) is 10.5 Å². The molecule has 0 saturated heterocycles. The zero-order chi connectivity index (χ0) is 17.8. The van der Waals surface area contributed by atoms with E-state index >= 15 is 0 Å². The Morgan fingerprint density at radius 1 is 1.60 bits per heavy atom. The summed E-state index contributed by atoms with van der Waals surface area (Å²) in [6, 6.07) is 4.68. The maximum absolute atomic E-state index is 14.4. The Labute approximate surface area is 143 Å². The molecule has 0 bridgehead atoms. The summed E-state index contributed by atoms with van der Waals surface area (Å²) in [7, 11) is 1.23. The smallest absolute Gasteiger partial charge is 0.411 e. The lowest BCUT2D eigenvalue weighted by atomic mass is 10.1. The van der Waals surface area contributed by atoms with E-state index in [9.17, 15) is 9.18 Å². The fourth-order valence-electron chi connectivity index (χ4n) is 2.63. The lowest BCUT2D eigenvalue weighted by Gasteiger charge is -2.35. The van der Waals surface area contributed by atoms with E-state index in [2.05, 4.69) is 32.0 Å². The number of nitrogens with two attached hydrogens (primary N) is 1. The molecule has 1 aromatic heterocycles. The highest BCUT2D eigenvalue weighted by molar-refractivity contribution is 5.86. The van der Waals surface area contributed by atoms with Gasteiger partial charge in [0.05, 0.1) is 37.6 Å². The second-order valence-corrected chi connectivity index (χ2v) is 5.16. The highest BCUT2D eigenvalue weighted by Gasteiger charge is 2.29. The standard InChI is InChI=1S/C16H16FN5O3/c1-24-16(23)21-10-6-11(17)15-14(7-10)22(4-5-25-15)13(2-3-18)12-8-19-9-20-12/h6-9,13H,4-5,18H2,1H3,(H,19,20)(H,21,23). The predicted molar refractivity (Wildman–Crippen MR) is 88.6 cm³/mol. The van der Waals surface area contributed by atoms with Crippen LogP contribution in [-0.4, -0.2) is 36.3 Å². The number of H-pyrrole nitrogens is 1. The molecular formula is C16H16FN5O3. The summed E-state index contributed by atoms with van der Waals surface area (Å²) in [6.07, 6.45) is 2.45. The van der Waals surface area contributed by atoms with Crippen LogP contribution < -0.4 is 20.7 Å². The van der Waals surface area contributed by atoms with E-state index in [0.29, 0.717) is 17.9 Å². The number of aromatic nitrogens is 2. The largest absolute Gasteiger partial charge is 0.486 e. The number of carbonyl (C=O) groups excluding carboxylic acids is 1. The van der Waals surface area contributed by atoms with Gasteiger partial charge in [-0.05, 0) is 12.0 Å². The van der Waals surface area contributed by atoms with Crippen molar-refractivity contribution in [3.63, 3.8) is 0 Å². The second kappa shape index (κ2) is 7.00. The first-order chi connectivity index (χ1) is 12.1. The van der Waals surface area contributed by atoms with Crippen molar-refractivity contribution in [3.05, 3.63) is 36.2 Å². The van der Waals surface area contributed by atoms with Gasteiger partial charge in [0.15, 0.2) is 11.6 Å². The fraction of sp³-hybridized carbons (Fsp3) is 0.250. The first-order valence-electron chi connectivity index (χ1n) is 7.41. The minimum Gasteiger partial charge on any atom is -0.486 e. The Morgan fingerprint density at radius 3 is 3.12 bits per heavy atom. The van der Waals surface area contributed by atoms with Gasteiger partial charge in [0.2, 0.25) is 0 Å². The number of nitrogens with zero attached hydrogens (tertiary/aromatic N) is 2. The highest BCUT2D eigenvalue weighted by atomic mass is 19.1. The zero-order valence-electron chi connectivity index (χ0n) is 13.4. The number of benzene rings is 1. The van der Waals surface area contributed by atoms with E-state index in [1.54, 1.807) is 12.3 Å². The number of methoxy groups -OCH3 is 1. The molecule has 2 heterocycles. The van der Waals surface area contributed by atoms with Crippen LogP contribution in [0.15, 0.2) is 24.7 Å². The number of fused-ring (bicyclic) bond motifs is 1. The van der Waals surface area contributed by atoms with Crippen molar-refractivity contribution in [1.29, 1.82) is 0 Å². The number of hydrogen-bond donors (Lipinski definition) is 3. The van der Waals surface area contributed by atoms with Crippen LogP contribution in [0.1, 0.15) is 11.7 Å². The molecule has 130 valence electrons. The van der Waals surface area contributed by atoms with E-state index in [0.717, 1.165) is 0 Å². The van der Waals surface area contributed by atoms with Crippen LogP contribution >= 0.6 is 0 Å². The van der Waals surface area contributed by atoms with Crippen molar-refractivity contribution in [2.24, 2.45) is 5.73 Å². The number of ether oxygens (including phenoxy) is 2. The van der Waals surface area contributed by atoms with Crippen LogP contribution in [0.4, 0.5) is 20.6 Å². The summed E-state index contributed by atoms with van der Waals surface area (Å²) in [6.45, 7) is 0.733. The molecule has 9 heteroatoms. The average Bonchev–Trinajstić information content (AvgIpc) is 3.13. The van der Waals surface area contributed by atoms with E-state index in [1.807, 2.05) is 4.90 Å². The summed E-state index contributed by atoms with van der Waals surface area (Å²) in [5, 5.41) is 2.44. The third-order valence-electron chi connectivity index (χ3n) is 3.69. The van der Waals surface area contributed by atoms with Crippen molar-refractivity contribution in [2.45, 2.75) is 6.04 Å². The molecule has 0 radical (unpaired) electrons. The van der Waals surface area contributed by atoms with E-state index in [1.165, 1.54) is 19.5 Å². The summed E-state index contributed by atoms with van der Waals surface area (Å²) >= 11 is 0. The lowest BCUT2D eigenvalue weighted by Crippen LogP contribution is -2.36. The van der Waals surface area contributed by atoms with Gasteiger partial charge >= 0.3 is 6.09 Å². The minimum atomic E-state index is -0.700. The number of amides is 1. The molecular weight excluding hydrogens is 329 g/mol. The number of imidazole rings is 1. The first-order valence-corrected chi connectivity index (χ1v) is 7.41. The van der Waals surface area contributed by atoms with Crippen LogP contribution in [0.3, 0.4) is 0 Å². The zero-order valence-corrected chi connectivity index (χ0v) is 13.4. The number of nitrogens with one attached hydrogen (secondary N) is 2. The Bertz CT molecular complexity index is 828. The number of halogens is 1. The summed E-state index contributed by atoms with van der Waals surface area (Å²) in [5.74, 6) is 2.37. The van der Waals surface area contributed by atoms with Crippen molar-refractivity contribution in [3.8, 4) is 17.7 Å². The lowest BCUT2D eigenvalue weighted by molar-refractivity contribution is 0.187. The number of carbonyl (C=O) groups is 1. The fourth-order valence-corrected chi connectivity index (χ4v) is 2.63. The molecule has 8 nitrogen and oxygen atoms in total. The molecule has 25 heavy (non-hydrogen) atoms.